The largest absolute Gasteiger partial charge is 0.398 e. The van der Waals surface area contributed by atoms with E-state index in [9.17, 15) is 4.79 Å². The Bertz CT molecular complexity index is 522. The van der Waals surface area contributed by atoms with E-state index in [1.807, 2.05) is 23.9 Å². The van der Waals surface area contributed by atoms with Crippen LogP contribution in [0.25, 0.3) is 0 Å². The summed E-state index contributed by atoms with van der Waals surface area (Å²) in [4.78, 5) is 15.0. The number of carbonyl (C=O) groups excluding carboxylic acids is 1. The number of hydrogen-bond donors (Lipinski definition) is 2. The third kappa shape index (κ3) is 3.25. The number of anilines is 1. The molecule has 1 aliphatic carbocycles. The molecule has 1 heterocycles. The molecular weight excluding hydrogens is 294 g/mol. The number of rotatable bonds is 4. The summed E-state index contributed by atoms with van der Waals surface area (Å²) >= 11 is 2.03. The summed E-state index contributed by atoms with van der Waals surface area (Å²) < 4.78 is 0. The number of nitrogens with one attached hydrogen (secondary N) is 1. The van der Waals surface area contributed by atoms with Crippen LogP contribution in [0.2, 0.25) is 0 Å². The Balaban J connectivity index is 1.67. The Morgan fingerprint density at radius 1 is 1.23 bits per heavy atom. The lowest BCUT2D eigenvalue weighted by atomic mass is 9.94. The fraction of sp³-hybridized carbons (Fsp3) is 0.588. The van der Waals surface area contributed by atoms with Crippen LogP contribution in [0.15, 0.2) is 24.3 Å². The molecule has 22 heavy (non-hydrogen) atoms. The maximum Gasteiger partial charge on any atom is 0.253 e. The highest BCUT2D eigenvalue weighted by Gasteiger charge is 2.40. The van der Waals surface area contributed by atoms with Crippen molar-refractivity contribution in [1.29, 1.82) is 0 Å². The van der Waals surface area contributed by atoms with Gasteiger partial charge in [0, 0.05) is 42.4 Å². The maximum absolute atomic E-state index is 12.4. The summed E-state index contributed by atoms with van der Waals surface area (Å²) in [7, 11) is 0. The van der Waals surface area contributed by atoms with Crippen molar-refractivity contribution < 1.29 is 4.79 Å². The van der Waals surface area contributed by atoms with Crippen LogP contribution in [-0.2, 0) is 0 Å². The van der Waals surface area contributed by atoms with Crippen molar-refractivity contribution in [1.82, 2.24) is 10.2 Å². The van der Waals surface area contributed by atoms with E-state index >= 15 is 0 Å². The standard InChI is InChI=1S/C17H25N3OS/c18-15-6-2-1-5-14(15)16(21)19-13-17(7-3-4-8-17)20-9-11-22-12-10-20/h1-2,5-6H,3-4,7-13,18H2,(H,19,21). The van der Waals surface area contributed by atoms with Gasteiger partial charge in [-0.15, -0.1) is 0 Å². The second-order valence-corrected chi connectivity index (χ2v) is 7.53. The van der Waals surface area contributed by atoms with Gasteiger partial charge in [0.2, 0.25) is 0 Å². The molecule has 1 aliphatic heterocycles. The Morgan fingerprint density at radius 3 is 2.59 bits per heavy atom. The molecule has 1 amide bonds. The molecule has 0 unspecified atom stereocenters. The zero-order valence-electron chi connectivity index (χ0n) is 13.0. The summed E-state index contributed by atoms with van der Waals surface area (Å²) in [5, 5.41) is 3.15. The van der Waals surface area contributed by atoms with Crippen LogP contribution in [-0.4, -0.2) is 47.5 Å². The molecule has 5 heteroatoms. The van der Waals surface area contributed by atoms with Gasteiger partial charge in [-0.2, -0.15) is 11.8 Å². The predicted molar refractivity (Wildman–Crippen MR) is 93.3 cm³/mol. The van der Waals surface area contributed by atoms with Gasteiger partial charge in [-0.25, -0.2) is 0 Å². The smallest absolute Gasteiger partial charge is 0.253 e. The Morgan fingerprint density at radius 2 is 1.91 bits per heavy atom. The molecule has 1 saturated heterocycles. The Kier molecular flexibility index (Phi) is 4.93. The van der Waals surface area contributed by atoms with Crippen LogP contribution in [0, 0.1) is 0 Å². The second kappa shape index (κ2) is 6.92. The first kappa shape index (κ1) is 15.7. The molecule has 0 bridgehead atoms. The van der Waals surface area contributed by atoms with Crippen LogP contribution in [0.4, 0.5) is 5.69 Å². The molecule has 2 aliphatic rings. The van der Waals surface area contributed by atoms with Crippen LogP contribution >= 0.6 is 11.8 Å². The van der Waals surface area contributed by atoms with E-state index in [1.54, 1.807) is 12.1 Å². The Hall–Kier alpha value is -1.20. The van der Waals surface area contributed by atoms with Gasteiger partial charge in [0.15, 0.2) is 0 Å². The van der Waals surface area contributed by atoms with Gasteiger partial charge in [0.1, 0.15) is 0 Å². The van der Waals surface area contributed by atoms with Gasteiger partial charge >= 0.3 is 0 Å². The zero-order valence-corrected chi connectivity index (χ0v) is 13.8. The molecule has 2 fully saturated rings. The molecule has 1 saturated carbocycles. The quantitative estimate of drug-likeness (QED) is 0.837. The first-order valence-corrected chi connectivity index (χ1v) is 9.32. The van der Waals surface area contributed by atoms with E-state index in [-0.39, 0.29) is 11.4 Å². The first-order chi connectivity index (χ1) is 10.7. The fourth-order valence-electron chi connectivity index (χ4n) is 3.72. The summed E-state index contributed by atoms with van der Waals surface area (Å²) in [6.45, 7) is 3.03. The molecule has 3 rings (SSSR count). The van der Waals surface area contributed by atoms with Gasteiger partial charge in [-0.05, 0) is 25.0 Å². The summed E-state index contributed by atoms with van der Waals surface area (Å²) in [6, 6.07) is 7.29. The molecule has 3 N–H and O–H groups in total. The van der Waals surface area contributed by atoms with E-state index in [2.05, 4.69) is 10.2 Å². The summed E-state index contributed by atoms with van der Waals surface area (Å²) in [5.74, 6) is 2.37. The zero-order chi connectivity index (χ0) is 15.4. The first-order valence-electron chi connectivity index (χ1n) is 8.17. The lowest BCUT2D eigenvalue weighted by Gasteiger charge is -2.43. The van der Waals surface area contributed by atoms with E-state index < -0.39 is 0 Å². The van der Waals surface area contributed by atoms with E-state index in [4.69, 9.17) is 5.73 Å². The van der Waals surface area contributed by atoms with Crippen LogP contribution in [0.3, 0.4) is 0 Å². The molecular formula is C17H25N3OS. The number of amides is 1. The van der Waals surface area contributed by atoms with E-state index in [0.717, 1.165) is 19.6 Å². The van der Waals surface area contributed by atoms with E-state index in [1.165, 1.54) is 37.2 Å². The molecule has 0 radical (unpaired) electrons. The van der Waals surface area contributed by atoms with Crippen molar-refractivity contribution in [3.63, 3.8) is 0 Å². The monoisotopic (exact) mass is 319 g/mol. The number of nitrogens with two attached hydrogens (primary N) is 1. The SMILES string of the molecule is Nc1ccccc1C(=O)NCC1(N2CCSCC2)CCCC1. The third-order valence-corrected chi connectivity index (χ3v) is 5.94. The van der Waals surface area contributed by atoms with Crippen molar-refractivity contribution in [2.75, 3.05) is 36.9 Å². The molecule has 0 atom stereocenters. The molecule has 120 valence electrons. The summed E-state index contributed by atoms with van der Waals surface area (Å²) in [6.07, 6.45) is 4.93. The van der Waals surface area contributed by atoms with Crippen molar-refractivity contribution in [2.45, 2.75) is 31.2 Å². The lowest BCUT2D eigenvalue weighted by molar-refractivity contribution is 0.0818. The molecule has 0 spiro atoms. The molecule has 4 nitrogen and oxygen atoms in total. The predicted octanol–water partition coefficient (Wildman–Crippen LogP) is 2.36. The molecule has 1 aromatic rings. The Labute approximate surface area is 136 Å². The highest BCUT2D eigenvalue weighted by Crippen LogP contribution is 2.36. The van der Waals surface area contributed by atoms with Crippen LogP contribution in [0.5, 0.6) is 0 Å². The number of thioether (sulfide) groups is 1. The third-order valence-electron chi connectivity index (χ3n) is 5.00. The number of benzene rings is 1. The fourth-order valence-corrected chi connectivity index (χ4v) is 4.62. The molecule has 1 aromatic carbocycles. The average Bonchev–Trinajstić information content (AvgIpc) is 3.04. The van der Waals surface area contributed by atoms with Gasteiger partial charge in [0.25, 0.3) is 5.91 Å². The number of carbonyl (C=O) groups is 1. The summed E-state index contributed by atoms with van der Waals surface area (Å²) in [5.41, 5.74) is 7.21. The van der Waals surface area contributed by atoms with E-state index in [0.29, 0.717) is 11.3 Å². The number of nitrogens with zero attached hydrogens (tertiary/aromatic N) is 1. The minimum Gasteiger partial charge on any atom is -0.398 e. The highest BCUT2D eigenvalue weighted by molar-refractivity contribution is 7.99. The lowest BCUT2D eigenvalue weighted by Crippen LogP contribution is -2.56. The van der Waals surface area contributed by atoms with Gasteiger partial charge < -0.3 is 11.1 Å². The normalized spacial score (nSPS) is 21.6. The van der Waals surface area contributed by atoms with Gasteiger partial charge in [-0.1, -0.05) is 25.0 Å². The van der Waals surface area contributed by atoms with Crippen molar-refractivity contribution in [2.24, 2.45) is 0 Å². The van der Waals surface area contributed by atoms with Gasteiger partial charge in [-0.3, -0.25) is 9.69 Å². The van der Waals surface area contributed by atoms with Crippen molar-refractivity contribution in [3.05, 3.63) is 29.8 Å². The van der Waals surface area contributed by atoms with Crippen molar-refractivity contribution in [3.8, 4) is 0 Å². The van der Waals surface area contributed by atoms with Gasteiger partial charge in [0.05, 0.1) is 5.56 Å². The number of hydrogen-bond acceptors (Lipinski definition) is 4. The highest BCUT2D eigenvalue weighted by atomic mass is 32.2. The average molecular weight is 319 g/mol. The minimum atomic E-state index is -0.0456. The van der Waals surface area contributed by atoms with Crippen LogP contribution in [0.1, 0.15) is 36.0 Å². The topological polar surface area (TPSA) is 58.4 Å². The van der Waals surface area contributed by atoms with Crippen molar-refractivity contribution >= 4 is 23.4 Å². The van der Waals surface area contributed by atoms with Crippen LogP contribution < -0.4 is 11.1 Å². The minimum absolute atomic E-state index is 0.0456. The molecule has 0 aromatic heterocycles. The maximum atomic E-state index is 12.4. The second-order valence-electron chi connectivity index (χ2n) is 6.30. The number of nitrogen functional groups attached to an aromatic ring is 1. The number of para-hydroxylation sites is 1.